The van der Waals surface area contributed by atoms with Crippen molar-refractivity contribution >= 4 is 22.6 Å². The molecule has 3 N–H and O–H groups in total. The first-order valence-electron chi connectivity index (χ1n) is 7.98. The summed E-state index contributed by atoms with van der Waals surface area (Å²) in [6.07, 6.45) is 1.32. The Morgan fingerprint density at radius 1 is 1.00 bits per heavy atom. The van der Waals surface area contributed by atoms with Crippen LogP contribution in [-0.4, -0.2) is 16.1 Å². The Balaban J connectivity index is 1.56. The second-order valence-electron chi connectivity index (χ2n) is 5.95. The van der Waals surface area contributed by atoms with Crippen molar-refractivity contribution in [3.05, 3.63) is 71.9 Å². The maximum atomic E-state index is 12.4. The maximum Gasteiger partial charge on any atom is 0.255 e. The van der Waals surface area contributed by atoms with Gasteiger partial charge in [-0.05, 0) is 24.3 Å². The van der Waals surface area contributed by atoms with E-state index in [1.165, 1.54) is 0 Å². The number of H-pyrrole nitrogens is 1. The molecular weight excluding hydrogens is 316 g/mol. The lowest BCUT2D eigenvalue weighted by atomic mass is 10.1. The molecule has 6 nitrogen and oxygen atoms in total. The number of benzene rings is 2. The van der Waals surface area contributed by atoms with Crippen LogP contribution >= 0.6 is 0 Å². The smallest absolute Gasteiger partial charge is 0.255 e. The maximum absolute atomic E-state index is 12.4. The number of aromatic nitrogens is 2. The first kappa shape index (κ1) is 13.9. The van der Waals surface area contributed by atoms with E-state index in [9.17, 15) is 4.79 Å². The van der Waals surface area contributed by atoms with E-state index in [1.54, 1.807) is 12.3 Å². The summed E-state index contributed by atoms with van der Waals surface area (Å²) in [6.45, 7) is 0. The first-order valence-corrected chi connectivity index (χ1v) is 7.98. The van der Waals surface area contributed by atoms with Gasteiger partial charge in [0, 0.05) is 16.6 Å². The number of rotatable bonds is 2. The predicted octanol–water partition coefficient (Wildman–Crippen LogP) is 3.68. The van der Waals surface area contributed by atoms with Crippen LogP contribution in [0.3, 0.4) is 0 Å². The molecular formula is C19H14N4O2. The number of amides is 1. The number of hydrogen-bond acceptors (Lipinski definition) is 4. The van der Waals surface area contributed by atoms with Crippen LogP contribution in [0.25, 0.3) is 22.4 Å². The average molecular weight is 330 g/mol. The monoisotopic (exact) mass is 330 g/mol. The van der Waals surface area contributed by atoms with Crippen LogP contribution in [0.2, 0.25) is 0 Å². The summed E-state index contributed by atoms with van der Waals surface area (Å²) in [4.78, 5) is 12.4. The highest BCUT2D eigenvalue weighted by atomic mass is 16.3. The average Bonchev–Trinajstić information content (AvgIpc) is 3.28. The molecule has 2 aromatic heterocycles. The van der Waals surface area contributed by atoms with Crippen LogP contribution in [0, 0.1) is 0 Å². The largest absolute Gasteiger partial charge is 0.454 e. The SMILES string of the molecule is O=C1N[C@H](c2cn[nH]c2-c2cc3ccccc3o2)Nc2ccccc21. The molecule has 4 aromatic rings. The van der Waals surface area contributed by atoms with Gasteiger partial charge in [-0.1, -0.05) is 30.3 Å². The van der Waals surface area contributed by atoms with Gasteiger partial charge < -0.3 is 15.1 Å². The molecule has 0 radical (unpaired) electrons. The van der Waals surface area contributed by atoms with Gasteiger partial charge in [-0.25, -0.2) is 0 Å². The van der Waals surface area contributed by atoms with E-state index in [2.05, 4.69) is 20.8 Å². The van der Waals surface area contributed by atoms with Crippen LogP contribution in [0.5, 0.6) is 0 Å². The summed E-state index contributed by atoms with van der Waals surface area (Å²) in [7, 11) is 0. The molecule has 122 valence electrons. The first-order chi connectivity index (χ1) is 12.3. The predicted molar refractivity (Wildman–Crippen MR) is 94.1 cm³/mol. The Bertz CT molecular complexity index is 1060. The lowest BCUT2D eigenvalue weighted by Gasteiger charge is -2.27. The van der Waals surface area contributed by atoms with Crippen molar-refractivity contribution in [2.75, 3.05) is 5.32 Å². The number of fused-ring (bicyclic) bond motifs is 2. The minimum absolute atomic E-state index is 0.115. The molecule has 0 bridgehead atoms. The third-order valence-corrected chi connectivity index (χ3v) is 4.40. The Hall–Kier alpha value is -3.54. The molecule has 0 aliphatic carbocycles. The van der Waals surface area contributed by atoms with Gasteiger partial charge in [-0.3, -0.25) is 9.89 Å². The zero-order valence-electron chi connectivity index (χ0n) is 13.1. The van der Waals surface area contributed by atoms with Crippen molar-refractivity contribution in [2.45, 2.75) is 6.17 Å². The van der Waals surface area contributed by atoms with Crippen molar-refractivity contribution in [1.29, 1.82) is 0 Å². The molecule has 5 rings (SSSR count). The van der Waals surface area contributed by atoms with E-state index in [0.717, 1.165) is 27.9 Å². The van der Waals surface area contributed by atoms with Crippen molar-refractivity contribution < 1.29 is 9.21 Å². The van der Waals surface area contributed by atoms with E-state index in [1.807, 2.05) is 48.5 Å². The molecule has 1 aliphatic heterocycles. The zero-order chi connectivity index (χ0) is 16.8. The number of nitrogens with one attached hydrogen (secondary N) is 3. The highest BCUT2D eigenvalue weighted by Crippen LogP contribution is 2.33. The Morgan fingerprint density at radius 2 is 1.84 bits per heavy atom. The molecule has 6 heteroatoms. The van der Waals surface area contributed by atoms with E-state index in [4.69, 9.17) is 4.42 Å². The van der Waals surface area contributed by atoms with E-state index in [-0.39, 0.29) is 12.1 Å². The van der Waals surface area contributed by atoms with Gasteiger partial charge in [0.05, 0.1) is 11.8 Å². The zero-order valence-corrected chi connectivity index (χ0v) is 13.1. The molecule has 25 heavy (non-hydrogen) atoms. The molecule has 0 unspecified atom stereocenters. The van der Waals surface area contributed by atoms with E-state index >= 15 is 0 Å². The van der Waals surface area contributed by atoms with Gasteiger partial charge in [0.15, 0.2) is 5.76 Å². The third-order valence-electron chi connectivity index (χ3n) is 4.40. The number of carbonyl (C=O) groups excluding carboxylic acids is 1. The fourth-order valence-electron chi connectivity index (χ4n) is 3.18. The minimum atomic E-state index is -0.385. The third kappa shape index (κ3) is 2.19. The highest BCUT2D eigenvalue weighted by Gasteiger charge is 2.28. The van der Waals surface area contributed by atoms with E-state index in [0.29, 0.717) is 11.3 Å². The van der Waals surface area contributed by atoms with Gasteiger partial charge in [0.25, 0.3) is 5.91 Å². The quantitative estimate of drug-likeness (QED) is 0.523. The number of anilines is 1. The van der Waals surface area contributed by atoms with Crippen molar-refractivity contribution in [3.8, 4) is 11.5 Å². The highest BCUT2D eigenvalue weighted by molar-refractivity contribution is 6.01. The van der Waals surface area contributed by atoms with Gasteiger partial charge in [0.1, 0.15) is 17.4 Å². The van der Waals surface area contributed by atoms with Crippen molar-refractivity contribution in [2.24, 2.45) is 0 Å². The van der Waals surface area contributed by atoms with Gasteiger partial charge in [0.2, 0.25) is 0 Å². The van der Waals surface area contributed by atoms with Crippen LogP contribution in [0.15, 0.2) is 65.2 Å². The second kappa shape index (κ2) is 5.24. The van der Waals surface area contributed by atoms with Crippen molar-refractivity contribution in [3.63, 3.8) is 0 Å². The molecule has 1 atom stereocenters. The Kier molecular flexibility index (Phi) is 2.90. The number of carbonyl (C=O) groups is 1. The molecule has 1 aliphatic rings. The standard InChI is InChI=1S/C19H14N4O2/c24-19-12-6-2-3-7-14(12)21-18(22-19)13-10-20-23-17(13)16-9-11-5-1-4-8-15(11)25-16/h1-10,18,21H,(H,20,23)(H,22,24)/t18-/m1/s1. The number of furan rings is 1. The van der Waals surface area contributed by atoms with Crippen LogP contribution < -0.4 is 10.6 Å². The van der Waals surface area contributed by atoms with Crippen LogP contribution in [0.4, 0.5) is 5.69 Å². The summed E-state index contributed by atoms with van der Waals surface area (Å²) >= 11 is 0. The topological polar surface area (TPSA) is 83.0 Å². The van der Waals surface area contributed by atoms with Gasteiger partial charge >= 0.3 is 0 Å². The summed E-state index contributed by atoms with van der Waals surface area (Å²) in [6, 6.07) is 17.2. The lowest BCUT2D eigenvalue weighted by molar-refractivity contribution is 0.0936. The van der Waals surface area contributed by atoms with Crippen LogP contribution in [0.1, 0.15) is 22.1 Å². The molecule has 1 amide bonds. The summed E-state index contributed by atoms with van der Waals surface area (Å²) in [5.74, 6) is 0.569. The molecule has 0 saturated heterocycles. The van der Waals surface area contributed by atoms with E-state index < -0.39 is 0 Å². The summed E-state index contributed by atoms with van der Waals surface area (Å²) in [5.41, 5.74) is 3.81. The molecule has 0 fully saturated rings. The minimum Gasteiger partial charge on any atom is -0.454 e. The fourth-order valence-corrected chi connectivity index (χ4v) is 3.18. The molecule has 0 spiro atoms. The number of nitrogens with zero attached hydrogens (tertiary/aromatic N) is 1. The Labute approximate surface area is 142 Å². The molecule has 3 heterocycles. The number of para-hydroxylation sites is 2. The lowest BCUT2D eigenvalue weighted by Crippen LogP contribution is -2.38. The van der Waals surface area contributed by atoms with Gasteiger partial charge in [-0.15, -0.1) is 0 Å². The normalized spacial score (nSPS) is 16.3. The molecule has 2 aromatic carbocycles. The number of hydrogen-bond donors (Lipinski definition) is 3. The Morgan fingerprint density at radius 3 is 2.76 bits per heavy atom. The fraction of sp³-hybridized carbons (Fsp3) is 0.0526. The summed E-state index contributed by atoms with van der Waals surface area (Å²) in [5, 5.41) is 14.5. The van der Waals surface area contributed by atoms with Crippen molar-refractivity contribution in [1.82, 2.24) is 15.5 Å². The summed E-state index contributed by atoms with van der Waals surface area (Å²) < 4.78 is 5.93. The molecule has 0 saturated carbocycles. The van der Waals surface area contributed by atoms with Crippen LogP contribution in [-0.2, 0) is 0 Å². The number of aromatic amines is 1. The van der Waals surface area contributed by atoms with Gasteiger partial charge in [-0.2, -0.15) is 5.10 Å². The second-order valence-corrected chi connectivity index (χ2v) is 5.95.